The predicted molar refractivity (Wildman–Crippen MR) is 77.0 cm³/mol. The molecule has 0 amide bonds. The molecule has 0 saturated carbocycles. The fourth-order valence-corrected chi connectivity index (χ4v) is 2.22. The molecule has 3 aromatic rings. The number of benzene rings is 1. The zero-order valence-corrected chi connectivity index (χ0v) is 12.0. The van der Waals surface area contributed by atoms with Crippen LogP contribution in [0.25, 0.3) is 11.0 Å². The molecule has 5 heteroatoms. The van der Waals surface area contributed by atoms with E-state index in [1.165, 1.54) is 0 Å². The van der Waals surface area contributed by atoms with Gasteiger partial charge in [0, 0.05) is 13.1 Å². The summed E-state index contributed by atoms with van der Waals surface area (Å²) in [4.78, 5) is 8.53. The number of rotatable bonds is 3. The number of ether oxygens (including phenoxy) is 1. The number of imidazole rings is 1. The first-order valence-electron chi connectivity index (χ1n) is 5.88. The van der Waals surface area contributed by atoms with E-state index < -0.39 is 0 Å². The smallest absolute Gasteiger partial charge is 0.214 e. The third-order valence-corrected chi connectivity index (χ3v) is 3.31. The molecule has 0 N–H and O–H groups in total. The van der Waals surface area contributed by atoms with Crippen LogP contribution in [0.2, 0.25) is 0 Å². The lowest BCUT2D eigenvalue weighted by molar-refractivity contribution is 0.293. The van der Waals surface area contributed by atoms with E-state index in [0.29, 0.717) is 12.5 Å². The first kappa shape index (κ1) is 12.2. The van der Waals surface area contributed by atoms with Crippen molar-refractivity contribution in [3.05, 3.63) is 52.9 Å². The Morgan fingerprint density at radius 2 is 2.16 bits per heavy atom. The van der Waals surface area contributed by atoms with Crippen molar-refractivity contribution in [2.75, 3.05) is 0 Å². The molecule has 0 aliphatic carbocycles. The Balaban J connectivity index is 1.79. The van der Waals surface area contributed by atoms with Gasteiger partial charge in [0.1, 0.15) is 11.2 Å². The number of fused-ring (bicyclic) bond motifs is 1. The van der Waals surface area contributed by atoms with Crippen molar-refractivity contribution in [2.45, 2.75) is 6.61 Å². The van der Waals surface area contributed by atoms with Gasteiger partial charge in [0.05, 0.1) is 17.4 Å². The van der Waals surface area contributed by atoms with Gasteiger partial charge in [-0.15, -0.1) is 0 Å². The Morgan fingerprint density at radius 3 is 3.00 bits per heavy atom. The highest BCUT2D eigenvalue weighted by Crippen LogP contribution is 2.17. The summed E-state index contributed by atoms with van der Waals surface area (Å²) in [5, 5.41) is 0. The lowest BCUT2D eigenvalue weighted by atomic mass is 10.2. The minimum absolute atomic E-state index is 0.491. The molecular formula is C14H12BrN3O. The molecule has 0 spiro atoms. The van der Waals surface area contributed by atoms with Crippen molar-refractivity contribution < 1.29 is 4.74 Å². The van der Waals surface area contributed by atoms with Crippen LogP contribution in [0.15, 0.2) is 47.3 Å². The molecule has 1 aromatic carbocycles. The molecule has 0 bridgehead atoms. The first-order valence-corrected chi connectivity index (χ1v) is 6.67. The van der Waals surface area contributed by atoms with Crippen LogP contribution in [-0.4, -0.2) is 14.5 Å². The minimum Gasteiger partial charge on any atom is -0.473 e. The lowest BCUT2D eigenvalue weighted by Crippen LogP contribution is -1.97. The maximum atomic E-state index is 5.67. The van der Waals surface area contributed by atoms with E-state index in [0.717, 1.165) is 21.2 Å². The van der Waals surface area contributed by atoms with Crippen LogP contribution in [0, 0.1) is 0 Å². The van der Waals surface area contributed by atoms with Crippen LogP contribution < -0.4 is 4.74 Å². The Bertz CT molecular complexity index is 724. The average Bonchev–Trinajstić information content (AvgIpc) is 2.78. The first-order chi connectivity index (χ1) is 9.22. The highest BCUT2D eigenvalue weighted by molar-refractivity contribution is 9.10. The van der Waals surface area contributed by atoms with E-state index in [4.69, 9.17) is 4.74 Å². The van der Waals surface area contributed by atoms with E-state index in [1.54, 1.807) is 0 Å². The quantitative estimate of drug-likeness (QED) is 0.696. The Hall–Kier alpha value is -1.88. The van der Waals surface area contributed by atoms with Crippen molar-refractivity contribution in [1.82, 2.24) is 14.5 Å². The summed E-state index contributed by atoms with van der Waals surface area (Å²) in [6, 6.07) is 11.7. The summed E-state index contributed by atoms with van der Waals surface area (Å²) in [5.74, 6) is 0.611. The molecular weight excluding hydrogens is 306 g/mol. The Morgan fingerprint density at radius 1 is 1.26 bits per heavy atom. The fourth-order valence-electron chi connectivity index (χ4n) is 1.89. The second-order valence-electron chi connectivity index (χ2n) is 4.27. The zero-order chi connectivity index (χ0) is 13.2. The van der Waals surface area contributed by atoms with Crippen LogP contribution in [0.4, 0.5) is 0 Å². The highest BCUT2D eigenvalue weighted by Gasteiger charge is 2.03. The SMILES string of the molecule is Cn1cnc2ccc(COc3cccc(Br)n3)cc21. The normalized spacial score (nSPS) is 10.8. The van der Waals surface area contributed by atoms with Crippen LogP contribution in [0.1, 0.15) is 5.56 Å². The summed E-state index contributed by atoms with van der Waals surface area (Å²) >= 11 is 3.32. The molecule has 0 aliphatic heterocycles. The maximum Gasteiger partial charge on any atom is 0.214 e. The number of aromatic nitrogens is 3. The second kappa shape index (κ2) is 5.01. The lowest BCUT2D eigenvalue weighted by Gasteiger charge is -2.06. The molecule has 19 heavy (non-hydrogen) atoms. The number of nitrogens with zero attached hydrogens (tertiary/aromatic N) is 3. The molecule has 0 radical (unpaired) electrons. The van der Waals surface area contributed by atoms with Gasteiger partial charge < -0.3 is 9.30 Å². The molecule has 0 atom stereocenters. The summed E-state index contributed by atoms with van der Waals surface area (Å²) in [5.41, 5.74) is 3.19. The van der Waals surface area contributed by atoms with Gasteiger partial charge in [-0.1, -0.05) is 12.1 Å². The largest absolute Gasteiger partial charge is 0.473 e. The summed E-state index contributed by atoms with van der Waals surface area (Å²) in [6.07, 6.45) is 1.81. The van der Waals surface area contributed by atoms with Gasteiger partial charge in [-0.2, -0.15) is 0 Å². The molecule has 2 heterocycles. The predicted octanol–water partition coefficient (Wildman–Crippen LogP) is 3.31. The fraction of sp³-hybridized carbons (Fsp3) is 0.143. The summed E-state index contributed by atoms with van der Waals surface area (Å²) in [6.45, 7) is 0.491. The van der Waals surface area contributed by atoms with Crippen LogP contribution in [0.3, 0.4) is 0 Å². The van der Waals surface area contributed by atoms with Crippen molar-refractivity contribution in [1.29, 1.82) is 0 Å². The van der Waals surface area contributed by atoms with Crippen molar-refractivity contribution in [3.63, 3.8) is 0 Å². The number of aryl methyl sites for hydroxylation is 1. The van der Waals surface area contributed by atoms with E-state index in [2.05, 4.69) is 32.0 Å². The molecule has 0 fully saturated rings. The van der Waals surface area contributed by atoms with Gasteiger partial charge in [-0.05, 0) is 39.7 Å². The Kier molecular flexibility index (Phi) is 3.21. The number of pyridine rings is 1. The third-order valence-electron chi connectivity index (χ3n) is 2.87. The van der Waals surface area contributed by atoms with E-state index in [9.17, 15) is 0 Å². The summed E-state index contributed by atoms with van der Waals surface area (Å²) in [7, 11) is 1.98. The van der Waals surface area contributed by atoms with Gasteiger partial charge in [-0.3, -0.25) is 0 Å². The molecule has 0 unspecified atom stereocenters. The number of halogens is 1. The van der Waals surface area contributed by atoms with E-state index >= 15 is 0 Å². The van der Waals surface area contributed by atoms with Gasteiger partial charge in [0.25, 0.3) is 0 Å². The van der Waals surface area contributed by atoms with Crippen molar-refractivity contribution in [3.8, 4) is 5.88 Å². The molecule has 0 aliphatic rings. The topological polar surface area (TPSA) is 39.9 Å². The van der Waals surface area contributed by atoms with Gasteiger partial charge in [0.15, 0.2) is 0 Å². The molecule has 2 aromatic heterocycles. The van der Waals surface area contributed by atoms with E-state index in [-0.39, 0.29) is 0 Å². The maximum absolute atomic E-state index is 5.67. The number of hydrogen-bond acceptors (Lipinski definition) is 3. The van der Waals surface area contributed by atoms with Gasteiger partial charge >= 0.3 is 0 Å². The van der Waals surface area contributed by atoms with E-state index in [1.807, 2.05) is 48.3 Å². The molecule has 4 nitrogen and oxygen atoms in total. The molecule has 96 valence electrons. The molecule has 0 saturated heterocycles. The summed E-state index contributed by atoms with van der Waals surface area (Å²) < 4.78 is 8.43. The van der Waals surface area contributed by atoms with Crippen LogP contribution in [-0.2, 0) is 13.7 Å². The van der Waals surface area contributed by atoms with Crippen molar-refractivity contribution >= 4 is 27.0 Å². The second-order valence-corrected chi connectivity index (χ2v) is 5.08. The standard InChI is InChI=1S/C14H12BrN3O/c1-18-9-16-11-6-5-10(7-12(11)18)8-19-14-4-2-3-13(15)17-14/h2-7,9H,8H2,1H3. The minimum atomic E-state index is 0.491. The van der Waals surface area contributed by atoms with Crippen LogP contribution in [0.5, 0.6) is 5.88 Å². The average molecular weight is 318 g/mol. The molecule has 3 rings (SSSR count). The zero-order valence-electron chi connectivity index (χ0n) is 10.4. The highest BCUT2D eigenvalue weighted by atomic mass is 79.9. The van der Waals surface area contributed by atoms with Gasteiger partial charge in [0.2, 0.25) is 5.88 Å². The monoisotopic (exact) mass is 317 g/mol. The number of hydrogen-bond donors (Lipinski definition) is 0. The third kappa shape index (κ3) is 2.61. The Labute approximate surface area is 119 Å². The van der Waals surface area contributed by atoms with Crippen molar-refractivity contribution in [2.24, 2.45) is 7.05 Å². The van der Waals surface area contributed by atoms with Gasteiger partial charge in [-0.25, -0.2) is 9.97 Å². The van der Waals surface area contributed by atoms with Crippen LogP contribution >= 0.6 is 15.9 Å².